The molecular weight excluding hydrogens is 214 g/mol. The second kappa shape index (κ2) is 5.68. The zero-order chi connectivity index (χ0) is 12.1. The molecule has 0 amide bonds. The number of nitrogens with zero attached hydrogens (tertiary/aromatic N) is 2. The Labute approximate surface area is 102 Å². The molecule has 4 heteroatoms. The van der Waals surface area contributed by atoms with Gasteiger partial charge in [-0.1, -0.05) is 6.92 Å². The third-order valence-electron chi connectivity index (χ3n) is 2.84. The number of hydrogen-bond acceptors (Lipinski definition) is 3. The number of furan rings is 1. The molecule has 0 aromatic carbocycles. The summed E-state index contributed by atoms with van der Waals surface area (Å²) in [5.74, 6) is 2.04. The Morgan fingerprint density at radius 2 is 2.41 bits per heavy atom. The Morgan fingerprint density at radius 3 is 3.00 bits per heavy atom. The van der Waals surface area contributed by atoms with Gasteiger partial charge in [-0.2, -0.15) is 0 Å². The van der Waals surface area contributed by atoms with Gasteiger partial charge in [0.1, 0.15) is 11.6 Å². The topological polar surface area (TPSA) is 43.0 Å². The molecule has 0 radical (unpaired) electrons. The molecular formula is C13H19N3O. The minimum absolute atomic E-state index is 0.200. The van der Waals surface area contributed by atoms with Crippen molar-refractivity contribution in [3.8, 4) is 0 Å². The average Bonchev–Trinajstić information content (AvgIpc) is 2.96. The third-order valence-corrected chi connectivity index (χ3v) is 2.84. The molecule has 0 saturated carbocycles. The van der Waals surface area contributed by atoms with Gasteiger partial charge in [0, 0.05) is 25.9 Å². The Hall–Kier alpha value is -1.55. The largest absolute Gasteiger partial charge is 0.468 e. The molecule has 0 spiro atoms. The fourth-order valence-corrected chi connectivity index (χ4v) is 1.86. The zero-order valence-corrected chi connectivity index (χ0v) is 10.4. The lowest BCUT2D eigenvalue weighted by Crippen LogP contribution is -2.24. The van der Waals surface area contributed by atoms with Crippen LogP contribution in [0, 0.1) is 0 Å². The zero-order valence-electron chi connectivity index (χ0n) is 10.4. The number of imidazole rings is 1. The van der Waals surface area contributed by atoms with Crippen molar-refractivity contribution in [3.63, 3.8) is 0 Å². The predicted molar refractivity (Wildman–Crippen MR) is 66.7 cm³/mol. The number of nitrogens with one attached hydrogen (secondary N) is 1. The Morgan fingerprint density at radius 1 is 1.53 bits per heavy atom. The maximum atomic E-state index is 5.48. The summed E-state index contributed by atoms with van der Waals surface area (Å²) in [6, 6.07) is 4.14. The lowest BCUT2D eigenvalue weighted by atomic mass is 10.1. The molecule has 2 aromatic rings. The van der Waals surface area contributed by atoms with Crippen LogP contribution >= 0.6 is 0 Å². The summed E-state index contributed by atoms with van der Waals surface area (Å²) in [6.45, 7) is 3.14. The molecule has 2 aromatic heterocycles. The van der Waals surface area contributed by atoms with Gasteiger partial charge in [0.05, 0.1) is 12.3 Å². The second-order valence-electron chi connectivity index (χ2n) is 4.18. The van der Waals surface area contributed by atoms with Gasteiger partial charge in [-0.3, -0.25) is 0 Å². The molecule has 17 heavy (non-hydrogen) atoms. The van der Waals surface area contributed by atoms with Crippen molar-refractivity contribution < 1.29 is 4.42 Å². The molecule has 0 saturated heterocycles. The van der Waals surface area contributed by atoms with E-state index in [1.165, 1.54) is 0 Å². The summed E-state index contributed by atoms with van der Waals surface area (Å²) in [6.07, 6.45) is 7.46. The molecule has 2 rings (SSSR count). The van der Waals surface area contributed by atoms with Crippen LogP contribution in [0.3, 0.4) is 0 Å². The van der Waals surface area contributed by atoms with Crippen LogP contribution in [0.4, 0.5) is 0 Å². The molecule has 92 valence electrons. The highest BCUT2D eigenvalue weighted by atomic mass is 16.3. The van der Waals surface area contributed by atoms with Gasteiger partial charge in [0.25, 0.3) is 0 Å². The molecule has 0 aliphatic rings. The van der Waals surface area contributed by atoms with Crippen LogP contribution in [-0.2, 0) is 13.5 Å². The molecule has 0 aliphatic carbocycles. The van der Waals surface area contributed by atoms with E-state index in [0.29, 0.717) is 0 Å². The molecule has 0 aliphatic heterocycles. The maximum Gasteiger partial charge on any atom is 0.121 e. The number of aromatic nitrogens is 2. The standard InChI is InChI=1S/C13H19N3O/c1-3-6-14-11(12-5-4-9-17-12)10-13-15-7-8-16(13)2/h4-5,7-9,11,14H,3,6,10H2,1-2H3. The number of aryl methyl sites for hydroxylation is 1. The molecule has 1 N–H and O–H groups in total. The van der Waals surface area contributed by atoms with Crippen LogP contribution in [0.1, 0.15) is 31.0 Å². The van der Waals surface area contributed by atoms with Gasteiger partial charge < -0.3 is 14.3 Å². The molecule has 4 nitrogen and oxygen atoms in total. The number of rotatable bonds is 6. The smallest absolute Gasteiger partial charge is 0.121 e. The van der Waals surface area contributed by atoms with E-state index in [0.717, 1.165) is 31.0 Å². The van der Waals surface area contributed by atoms with Crippen molar-refractivity contribution in [2.45, 2.75) is 25.8 Å². The van der Waals surface area contributed by atoms with Crippen LogP contribution in [0.2, 0.25) is 0 Å². The normalized spacial score (nSPS) is 12.8. The molecule has 0 fully saturated rings. The van der Waals surface area contributed by atoms with Crippen LogP contribution < -0.4 is 5.32 Å². The minimum Gasteiger partial charge on any atom is -0.468 e. The van der Waals surface area contributed by atoms with E-state index in [9.17, 15) is 0 Å². The monoisotopic (exact) mass is 233 g/mol. The highest BCUT2D eigenvalue weighted by molar-refractivity contribution is 5.08. The lowest BCUT2D eigenvalue weighted by molar-refractivity contribution is 0.404. The van der Waals surface area contributed by atoms with E-state index in [1.54, 1.807) is 6.26 Å². The molecule has 0 bridgehead atoms. The van der Waals surface area contributed by atoms with E-state index >= 15 is 0 Å². The molecule has 1 unspecified atom stereocenters. The maximum absolute atomic E-state index is 5.48. The number of hydrogen-bond donors (Lipinski definition) is 1. The van der Waals surface area contributed by atoms with E-state index in [4.69, 9.17) is 4.42 Å². The van der Waals surface area contributed by atoms with Gasteiger partial charge in [0.15, 0.2) is 0 Å². The van der Waals surface area contributed by atoms with E-state index in [-0.39, 0.29) is 6.04 Å². The Balaban J connectivity index is 2.08. The van der Waals surface area contributed by atoms with Crippen LogP contribution in [0.25, 0.3) is 0 Å². The fraction of sp³-hybridized carbons (Fsp3) is 0.462. The summed E-state index contributed by atoms with van der Waals surface area (Å²) in [5.41, 5.74) is 0. The summed E-state index contributed by atoms with van der Waals surface area (Å²) in [4.78, 5) is 4.35. The van der Waals surface area contributed by atoms with Gasteiger partial charge in [-0.05, 0) is 25.1 Å². The van der Waals surface area contributed by atoms with Crippen molar-refractivity contribution in [1.82, 2.24) is 14.9 Å². The van der Waals surface area contributed by atoms with Crippen LogP contribution in [-0.4, -0.2) is 16.1 Å². The van der Waals surface area contributed by atoms with Crippen LogP contribution in [0.15, 0.2) is 35.2 Å². The highest BCUT2D eigenvalue weighted by Crippen LogP contribution is 2.17. The van der Waals surface area contributed by atoms with E-state index < -0.39 is 0 Å². The second-order valence-corrected chi connectivity index (χ2v) is 4.18. The van der Waals surface area contributed by atoms with E-state index in [2.05, 4.69) is 17.2 Å². The fourth-order valence-electron chi connectivity index (χ4n) is 1.86. The van der Waals surface area contributed by atoms with Crippen molar-refractivity contribution in [1.29, 1.82) is 0 Å². The predicted octanol–water partition coefficient (Wildman–Crippen LogP) is 2.30. The van der Waals surface area contributed by atoms with E-state index in [1.807, 2.05) is 36.1 Å². The van der Waals surface area contributed by atoms with Gasteiger partial charge in [0.2, 0.25) is 0 Å². The average molecular weight is 233 g/mol. The first-order chi connectivity index (χ1) is 8.31. The van der Waals surface area contributed by atoms with Crippen molar-refractivity contribution >= 4 is 0 Å². The van der Waals surface area contributed by atoms with Gasteiger partial charge in [-0.15, -0.1) is 0 Å². The first-order valence-electron chi connectivity index (χ1n) is 6.04. The Kier molecular flexibility index (Phi) is 3.98. The molecule has 1 atom stereocenters. The summed E-state index contributed by atoms with van der Waals surface area (Å²) >= 11 is 0. The van der Waals surface area contributed by atoms with Crippen molar-refractivity contribution in [3.05, 3.63) is 42.4 Å². The minimum atomic E-state index is 0.200. The summed E-state index contributed by atoms with van der Waals surface area (Å²) < 4.78 is 7.53. The van der Waals surface area contributed by atoms with Crippen molar-refractivity contribution in [2.75, 3.05) is 6.54 Å². The van der Waals surface area contributed by atoms with Crippen LogP contribution in [0.5, 0.6) is 0 Å². The Bertz CT molecular complexity index is 433. The first-order valence-corrected chi connectivity index (χ1v) is 6.04. The quantitative estimate of drug-likeness (QED) is 0.832. The van der Waals surface area contributed by atoms with Gasteiger partial charge >= 0.3 is 0 Å². The SMILES string of the molecule is CCCNC(Cc1nccn1C)c1ccco1. The molecule has 2 heterocycles. The first kappa shape index (κ1) is 11.9. The van der Waals surface area contributed by atoms with Gasteiger partial charge in [-0.25, -0.2) is 4.98 Å². The lowest BCUT2D eigenvalue weighted by Gasteiger charge is -2.15. The van der Waals surface area contributed by atoms with Crippen molar-refractivity contribution in [2.24, 2.45) is 7.05 Å². The third kappa shape index (κ3) is 2.97. The summed E-state index contributed by atoms with van der Waals surface area (Å²) in [5, 5.41) is 3.49. The highest BCUT2D eigenvalue weighted by Gasteiger charge is 2.16. The summed E-state index contributed by atoms with van der Waals surface area (Å²) in [7, 11) is 2.02.